The van der Waals surface area contributed by atoms with Gasteiger partial charge in [0.1, 0.15) is 0 Å². The minimum atomic E-state index is -0.657. The Bertz CT molecular complexity index is 189. The molecule has 0 spiro atoms. The zero-order valence-corrected chi connectivity index (χ0v) is 11.2. The molecular weight excluding hydrogens is 200 g/mol. The molecular formula is C14H28O2. The van der Waals surface area contributed by atoms with Crippen LogP contribution in [-0.2, 0) is 4.79 Å². The van der Waals surface area contributed by atoms with Crippen molar-refractivity contribution in [3.63, 3.8) is 0 Å². The van der Waals surface area contributed by atoms with Gasteiger partial charge in [-0.05, 0) is 11.8 Å². The van der Waals surface area contributed by atoms with Gasteiger partial charge in [0, 0.05) is 0 Å². The molecule has 0 radical (unpaired) electrons. The van der Waals surface area contributed by atoms with E-state index in [9.17, 15) is 4.79 Å². The molecule has 0 saturated carbocycles. The lowest BCUT2D eigenvalue weighted by Crippen LogP contribution is -2.19. The standard InChI is InChI=1S/C14H28O2/c1-4-6-7-8-9-10-11-14(3,5-2)12-13(15)16/h4-12H2,1-3H3,(H,15,16). The van der Waals surface area contributed by atoms with Crippen LogP contribution < -0.4 is 0 Å². The molecule has 0 saturated heterocycles. The Kier molecular flexibility index (Phi) is 8.32. The van der Waals surface area contributed by atoms with Crippen LogP contribution in [0.2, 0.25) is 0 Å². The summed E-state index contributed by atoms with van der Waals surface area (Å²) in [6.45, 7) is 6.42. The Morgan fingerprint density at radius 3 is 2.12 bits per heavy atom. The second kappa shape index (κ2) is 8.60. The zero-order valence-electron chi connectivity index (χ0n) is 11.2. The van der Waals surface area contributed by atoms with Crippen LogP contribution in [0.15, 0.2) is 0 Å². The molecule has 0 aliphatic heterocycles. The maximum absolute atomic E-state index is 10.7. The Hall–Kier alpha value is -0.530. The summed E-state index contributed by atoms with van der Waals surface area (Å²) in [6.07, 6.45) is 10.0. The minimum absolute atomic E-state index is 0.0105. The highest BCUT2D eigenvalue weighted by Gasteiger charge is 2.24. The molecule has 16 heavy (non-hydrogen) atoms. The molecule has 0 heterocycles. The van der Waals surface area contributed by atoms with Gasteiger partial charge in [-0.1, -0.05) is 65.7 Å². The van der Waals surface area contributed by atoms with E-state index in [-0.39, 0.29) is 5.41 Å². The van der Waals surface area contributed by atoms with Crippen LogP contribution >= 0.6 is 0 Å². The molecule has 0 aromatic heterocycles. The molecule has 0 amide bonds. The van der Waals surface area contributed by atoms with Crippen molar-refractivity contribution in [2.75, 3.05) is 0 Å². The van der Waals surface area contributed by atoms with Gasteiger partial charge in [0.05, 0.1) is 6.42 Å². The number of aliphatic carboxylic acids is 1. The molecule has 1 atom stereocenters. The SMILES string of the molecule is CCCCCCCCC(C)(CC)CC(=O)O. The van der Waals surface area contributed by atoms with Crippen molar-refractivity contribution in [2.24, 2.45) is 5.41 Å². The van der Waals surface area contributed by atoms with E-state index in [4.69, 9.17) is 5.11 Å². The smallest absolute Gasteiger partial charge is 0.303 e. The minimum Gasteiger partial charge on any atom is -0.481 e. The molecule has 1 N–H and O–H groups in total. The fraction of sp³-hybridized carbons (Fsp3) is 0.929. The maximum Gasteiger partial charge on any atom is 0.303 e. The Morgan fingerprint density at radius 2 is 1.62 bits per heavy atom. The first-order chi connectivity index (χ1) is 7.54. The lowest BCUT2D eigenvalue weighted by Gasteiger charge is -2.26. The van der Waals surface area contributed by atoms with Crippen LogP contribution in [0.3, 0.4) is 0 Å². The zero-order chi connectivity index (χ0) is 12.4. The summed E-state index contributed by atoms with van der Waals surface area (Å²) in [5, 5.41) is 8.85. The number of hydrogen-bond donors (Lipinski definition) is 1. The fourth-order valence-electron chi connectivity index (χ4n) is 2.09. The highest BCUT2D eigenvalue weighted by molar-refractivity contribution is 5.67. The Morgan fingerprint density at radius 1 is 1.06 bits per heavy atom. The van der Waals surface area contributed by atoms with Gasteiger partial charge in [-0.25, -0.2) is 0 Å². The first kappa shape index (κ1) is 15.5. The fourth-order valence-corrected chi connectivity index (χ4v) is 2.09. The average molecular weight is 228 g/mol. The van der Waals surface area contributed by atoms with E-state index in [1.165, 1.54) is 38.5 Å². The first-order valence-corrected chi connectivity index (χ1v) is 6.76. The Balaban J connectivity index is 3.65. The van der Waals surface area contributed by atoms with E-state index in [1.54, 1.807) is 0 Å². The largest absolute Gasteiger partial charge is 0.481 e. The summed E-state index contributed by atoms with van der Waals surface area (Å²) in [6, 6.07) is 0. The lowest BCUT2D eigenvalue weighted by molar-refractivity contribution is -0.139. The number of unbranched alkanes of at least 4 members (excludes halogenated alkanes) is 5. The third-order valence-electron chi connectivity index (χ3n) is 3.57. The van der Waals surface area contributed by atoms with Crippen LogP contribution in [0, 0.1) is 5.41 Å². The highest BCUT2D eigenvalue weighted by atomic mass is 16.4. The van der Waals surface area contributed by atoms with E-state index >= 15 is 0 Å². The lowest BCUT2D eigenvalue weighted by atomic mass is 9.79. The number of hydrogen-bond acceptors (Lipinski definition) is 1. The van der Waals surface area contributed by atoms with E-state index in [0.29, 0.717) is 6.42 Å². The van der Waals surface area contributed by atoms with Crippen molar-refractivity contribution in [3.8, 4) is 0 Å². The summed E-state index contributed by atoms with van der Waals surface area (Å²) in [5.41, 5.74) is 0.0105. The van der Waals surface area contributed by atoms with Crippen LogP contribution in [-0.4, -0.2) is 11.1 Å². The molecule has 96 valence electrons. The van der Waals surface area contributed by atoms with E-state index < -0.39 is 5.97 Å². The quantitative estimate of drug-likeness (QED) is 0.554. The van der Waals surface area contributed by atoms with Gasteiger partial charge in [0.15, 0.2) is 0 Å². The predicted molar refractivity (Wildman–Crippen MR) is 68.6 cm³/mol. The molecule has 0 aliphatic rings. The van der Waals surface area contributed by atoms with Gasteiger partial charge in [0.2, 0.25) is 0 Å². The first-order valence-electron chi connectivity index (χ1n) is 6.76. The molecule has 0 bridgehead atoms. The highest BCUT2D eigenvalue weighted by Crippen LogP contribution is 2.32. The van der Waals surface area contributed by atoms with E-state index in [1.807, 2.05) is 0 Å². The summed E-state index contributed by atoms with van der Waals surface area (Å²) in [5.74, 6) is -0.657. The normalized spacial score (nSPS) is 14.7. The molecule has 2 heteroatoms. The van der Waals surface area contributed by atoms with Crippen molar-refractivity contribution in [3.05, 3.63) is 0 Å². The molecule has 2 nitrogen and oxygen atoms in total. The molecule has 0 rings (SSSR count). The third kappa shape index (κ3) is 7.72. The maximum atomic E-state index is 10.7. The van der Waals surface area contributed by atoms with Gasteiger partial charge in [0.25, 0.3) is 0 Å². The van der Waals surface area contributed by atoms with Gasteiger partial charge in [-0.3, -0.25) is 4.79 Å². The molecule has 1 unspecified atom stereocenters. The average Bonchev–Trinajstić information content (AvgIpc) is 2.22. The number of rotatable bonds is 10. The van der Waals surface area contributed by atoms with Crippen molar-refractivity contribution in [1.29, 1.82) is 0 Å². The number of carboxylic acids is 1. The van der Waals surface area contributed by atoms with Crippen molar-refractivity contribution in [1.82, 2.24) is 0 Å². The van der Waals surface area contributed by atoms with Gasteiger partial charge < -0.3 is 5.11 Å². The van der Waals surface area contributed by atoms with Crippen LogP contribution in [0.1, 0.15) is 78.6 Å². The third-order valence-corrected chi connectivity index (χ3v) is 3.57. The molecule has 0 aromatic carbocycles. The molecule has 0 aliphatic carbocycles. The van der Waals surface area contributed by atoms with E-state index in [2.05, 4.69) is 20.8 Å². The van der Waals surface area contributed by atoms with Crippen LogP contribution in [0.5, 0.6) is 0 Å². The molecule has 0 fully saturated rings. The van der Waals surface area contributed by atoms with Gasteiger partial charge >= 0.3 is 5.97 Å². The topological polar surface area (TPSA) is 37.3 Å². The van der Waals surface area contributed by atoms with E-state index in [0.717, 1.165) is 12.8 Å². The van der Waals surface area contributed by atoms with Crippen molar-refractivity contribution >= 4 is 5.97 Å². The number of carbonyl (C=O) groups is 1. The number of carboxylic acid groups (broad SMARTS) is 1. The Labute approximate surface area is 100 Å². The predicted octanol–water partition coefficient (Wildman–Crippen LogP) is 4.63. The van der Waals surface area contributed by atoms with Gasteiger partial charge in [-0.2, -0.15) is 0 Å². The second-order valence-corrected chi connectivity index (χ2v) is 5.25. The second-order valence-electron chi connectivity index (χ2n) is 5.25. The van der Waals surface area contributed by atoms with Crippen LogP contribution in [0.25, 0.3) is 0 Å². The van der Waals surface area contributed by atoms with Crippen molar-refractivity contribution < 1.29 is 9.90 Å². The van der Waals surface area contributed by atoms with Crippen LogP contribution in [0.4, 0.5) is 0 Å². The monoisotopic (exact) mass is 228 g/mol. The summed E-state index contributed by atoms with van der Waals surface area (Å²) in [7, 11) is 0. The molecule has 0 aromatic rings. The summed E-state index contributed by atoms with van der Waals surface area (Å²) < 4.78 is 0. The van der Waals surface area contributed by atoms with Crippen molar-refractivity contribution in [2.45, 2.75) is 78.6 Å². The summed E-state index contributed by atoms with van der Waals surface area (Å²) >= 11 is 0. The summed E-state index contributed by atoms with van der Waals surface area (Å²) in [4.78, 5) is 10.7. The van der Waals surface area contributed by atoms with Gasteiger partial charge in [-0.15, -0.1) is 0 Å².